The van der Waals surface area contributed by atoms with Gasteiger partial charge in [0.2, 0.25) is 0 Å². The van der Waals surface area contributed by atoms with Crippen LogP contribution in [0.3, 0.4) is 0 Å². The van der Waals surface area contributed by atoms with Crippen molar-refractivity contribution in [3.8, 4) is 11.5 Å². The fourth-order valence-electron chi connectivity index (χ4n) is 2.05. The number of fused-ring (bicyclic) bond motifs is 1. The maximum absolute atomic E-state index is 12.3. The van der Waals surface area contributed by atoms with Gasteiger partial charge in [0.25, 0.3) is 11.6 Å². The van der Waals surface area contributed by atoms with Crippen LogP contribution in [-0.2, 0) is 0 Å². The second kappa shape index (κ2) is 4.48. The number of carbonyl (C=O) groups excluding carboxylic acids is 1. The standard InChI is InChI=1S/C14H13N3O3/c1-8-12-9(14(18)17(2)3)7-10(11-5-4-6-19-11)15-13(12)20-16-8/h4-7H,1-3H3. The lowest BCUT2D eigenvalue weighted by atomic mass is 10.1. The molecule has 0 aromatic carbocycles. The maximum atomic E-state index is 12.3. The molecule has 0 saturated heterocycles. The summed E-state index contributed by atoms with van der Waals surface area (Å²) in [5, 5.41) is 4.52. The lowest BCUT2D eigenvalue weighted by molar-refractivity contribution is 0.0829. The van der Waals surface area contributed by atoms with Gasteiger partial charge < -0.3 is 13.8 Å². The largest absolute Gasteiger partial charge is 0.463 e. The van der Waals surface area contributed by atoms with Gasteiger partial charge in [0.05, 0.1) is 22.9 Å². The molecule has 0 unspecified atom stereocenters. The van der Waals surface area contributed by atoms with Crippen molar-refractivity contribution in [3.05, 3.63) is 35.7 Å². The number of amides is 1. The number of aromatic nitrogens is 2. The minimum atomic E-state index is -0.128. The minimum absolute atomic E-state index is 0.128. The van der Waals surface area contributed by atoms with Crippen LogP contribution in [-0.4, -0.2) is 35.0 Å². The van der Waals surface area contributed by atoms with Crippen molar-refractivity contribution in [3.63, 3.8) is 0 Å². The van der Waals surface area contributed by atoms with Crippen LogP contribution in [0.1, 0.15) is 16.1 Å². The molecule has 0 atom stereocenters. The van der Waals surface area contributed by atoms with Crippen LogP contribution in [0.2, 0.25) is 0 Å². The van der Waals surface area contributed by atoms with Crippen molar-refractivity contribution >= 4 is 17.0 Å². The number of hydrogen-bond acceptors (Lipinski definition) is 5. The highest BCUT2D eigenvalue weighted by atomic mass is 16.5. The Morgan fingerprint density at radius 2 is 2.15 bits per heavy atom. The lowest BCUT2D eigenvalue weighted by Crippen LogP contribution is -2.22. The normalized spacial score (nSPS) is 10.9. The zero-order valence-electron chi connectivity index (χ0n) is 11.4. The van der Waals surface area contributed by atoms with E-state index in [1.807, 2.05) is 0 Å². The zero-order valence-corrected chi connectivity index (χ0v) is 11.4. The van der Waals surface area contributed by atoms with E-state index in [1.54, 1.807) is 45.5 Å². The zero-order chi connectivity index (χ0) is 14.3. The van der Waals surface area contributed by atoms with Gasteiger partial charge in [-0.15, -0.1) is 0 Å². The van der Waals surface area contributed by atoms with Gasteiger partial charge in [-0.25, -0.2) is 4.98 Å². The molecule has 102 valence electrons. The van der Waals surface area contributed by atoms with Crippen LogP contribution in [0.5, 0.6) is 0 Å². The van der Waals surface area contributed by atoms with Crippen molar-refractivity contribution in [2.75, 3.05) is 14.1 Å². The summed E-state index contributed by atoms with van der Waals surface area (Å²) in [6.45, 7) is 1.78. The monoisotopic (exact) mass is 271 g/mol. The van der Waals surface area contributed by atoms with Crippen LogP contribution in [0.25, 0.3) is 22.6 Å². The van der Waals surface area contributed by atoms with Gasteiger partial charge in [-0.3, -0.25) is 4.79 Å². The summed E-state index contributed by atoms with van der Waals surface area (Å²) in [6, 6.07) is 5.25. The number of carbonyl (C=O) groups is 1. The number of rotatable bonds is 2. The molecular formula is C14H13N3O3. The molecule has 0 saturated carbocycles. The molecule has 3 rings (SSSR count). The summed E-state index contributed by atoms with van der Waals surface area (Å²) >= 11 is 0. The van der Waals surface area contributed by atoms with E-state index in [0.29, 0.717) is 33.8 Å². The Balaban J connectivity index is 2.29. The van der Waals surface area contributed by atoms with Gasteiger partial charge in [0.15, 0.2) is 5.76 Å². The fourth-order valence-corrected chi connectivity index (χ4v) is 2.05. The molecule has 1 amide bonds. The van der Waals surface area contributed by atoms with E-state index in [2.05, 4.69) is 10.1 Å². The predicted molar refractivity (Wildman–Crippen MR) is 72.3 cm³/mol. The SMILES string of the molecule is Cc1noc2nc(-c3ccco3)cc(C(=O)N(C)C)c12. The Morgan fingerprint density at radius 1 is 1.35 bits per heavy atom. The molecule has 3 aromatic heterocycles. The first-order valence-corrected chi connectivity index (χ1v) is 6.10. The first-order chi connectivity index (χ1) is 9.58. The molecule has 20 heavy (non-hydrogen) atoms. The second-order valence-electron chi connectivity index (χ2n) is 4.68. The Bertz CT molecular complexity index is 772. The molecule has 6 nitrogen and oxygen atoms in total. The van der Waals surface area contributed by atoms with E-state index in [0.717, 1.165) is 0 Å². The molecule has 0 radical (unpaired) electrons. The molecular weight excluding hydrogens is 258 g/mol. The number of pyridine rings is 1. The Labute approximate surface area is 115 Å². The molecule has 0 aliphatic rings. The lowest BCUT2D eigenvalue weighted by Gasteiger charge is -2.11. The molecule has 3 aromatic rings. The maximum Gasteiger partial charge on any atom is 0.259 e. The molecule has 0 aliphatic heterocycles. The topological polar surface area (TPSA) is 72.4 Å². The predicted octanol–water partition coefficient (Wildman–Crippen LogP) is 2.49. The molecule has 0 fully saturated rings. The van der Waals surface area contributed by atoms with Crippen LogP contribution >= 0.6 is 0 Å². The van der Waals surface area contributed by atoms with E-state index >= 15 is 0 Å². The van der Waals surface area contributed by atoms with Crippen LogP contribution in [0, 0.1) is 6.92 Å². The van der Waals surface area contributed by atoms with Crippen molar-refractivity contribution in [1.82, 2.24) is 15.0 Å². The van der Waals surface area contributed by atoms with E-state index < -0.39 is 0 Å². The Kier molecular flexibility index (Phi) is 2.78. The van der Waals surface area contributed by atoms with Crippen molar-refractivity contribution in [2.45, 2.75) is 6.92 Å². The first kappa shape index (κ1) is 12.4. The van der Waals surface area contributed by atoms with Crippen LogP contribution in [0.15, 0.2) is 33.4 Å². The highest BCUT2D eigenvalue weighted by Crippen LogP contribution is 2.27. The van der Waals surface area contributed by atoms with Gasteiger partial charge in [-0.05, 0) is 25.1 Å². The van der Waals surface area contributed by atoms with Crippen molar-refractivity contribution in [2.24, 2.45) is 0 Å². The molecule has 3 heterocycles. The van der Waals surface area contributed by atoms with Crippen molar-refractivity contribution < 1.29 is 13.7 Å². The molecule has 0 spiro atoms. The summed E-state index contributed by atoms with van der Waals surface area (Å²) in [7, 11) is 3.40. The second-order valence-corrected chi connectivity index (χ2v) is 4.68. The van der Waals surface area contributed by atoms with Crippen LogP contribution in [0.4, 0.5) is 0 Å². The highest BCUT2D eigenvalue weighted by Gasteiger charge is 2.20. The first-order valence-electron chi connectivity index (χ1n) is 6.10. The number of hydrogen-bond donors (Lipinski definition) is 0. The van der Waals surface area contributed by atoms with Gasteiger partial charge in [0, 0.05) is 14.1 Å². The minimum Gasteiger partial charge on any atom is -0.463 e. The summed E-state index contributed by atoms with van der Waals surface area (Å²) in [6.07, 6.45) is 1.56. The van der Waals surface area contributed by atoms with E-state index in [4.69, 9.17) is 8.94 Å². The Morgan fingerprint density at radius 3 is 2.80 bits per heavy atom. The quantitative estimate of drug-likeness (QED) is 0.716. The third-order valence-corrected chi connectivity index (χ3v) is 3.03. The number of aryl methyl sites for hydroxylation is 1. The number of furan rings is 1. The smallest absolute Gasteiger partial charge is 0.259 e. The number of nitrogens with zero attached hydrogens (tertiary/aromatic N) is 3. The Hall–Kier alpha value is -2.63. The fraction of sp³-hybridized carbons (Fsp3) is 0.214. The average Bonchev–Trinajstić information content (AvgIpc) is 3.07. The summed E-state index contributed by atoms with van der Waals surface area (Å²) in [5.41, 5.74) is 2.03. The van der Waals surface area contributed by atoms with Crippen LogP contribution < -0.4 is 0 Å². The van der Waals surface area contributed by atoms with E-state index in [-0.39, 0.29) is 5.91 Å². The van der Waals surface area contributed by atoms with E-state index in [1.165, 1.54) is 4.90 Å². The van der Waals surface area contributed by atoms with Gasteiger partial charge >= 0.3 is 0 Å². The summed E-state index contributed by atoms with van der Waals surface area (Å²) in [5.74, 6) is 0.449. The van der Waals surface area contributed by atoms with E-state index in [9.17, 15) is 4.79 Å². The molecule has 6 heteroatoms. The average molecular weight is 271 g/mol. The molecule has 0 bridgehead atoms. The summed E-state index contributed by atoms with van der Waals surface area (Å²) < 4.78 is 10.5. The summed E-state index contributed by atoms with van der Waals surface area (Å²) in [4.78, 5) is 18.2. The molecule has 0 aliphatic carbocycles. The van der Waals surface area contributed by atoms with Gasteiger partial charge in [-0.2, -0.15) is 0 Å². The van der Waals surface area contributed by atoms with Crippen molar-refractivity contribution in [1.29, 1.82) is 0 Å². The van der Waals surface area contributed by atoms with Gasteiger partial charge in [-0.1, -0.05) is 5.16 Å². The third-order valence-electron chi connectivity index (χ3n) is 3.03. The van der Waals surface area contributed by atoms with Gasteiger partial charge in [0.1, 0.15) is 5.69 Å². The highest BCUT2D eigenvalue weighted by molar-refractivity contribution is 6.06. The third kappa shape index (κ3) is 1.85. The molecule has 0 N–H and O–H groups in total.